The number of hydrogen-bond acceptors (Lipinski definition) is 2. The van der Waals surface area contributed by atoms with Gasteiger partial charge in [0, 0.05) is 10.7 Å². The highest BCUT2D eigenvalue weighted by Gasteiger charge is 2.12. The van der Waals surface area contributed by atoms with Gasteiger partial charge < -0.3 is 10.6 Å². The van der Waals surface area contributed by atoms with Crippen molar-refractivity contribution in [3.8, 4) is 11.1 Å². The molecule has 3 aromatic rings. The summed E-state index contributed by atoms with van der Waals surface area (Å²) in [6.07, 6.45) is 0. The minimum absolute atomic E-state index is 0.168. The van der Waals surface area contributed by atoms with Crippen molar-refractivity contribution in [2.45, 2.75) is 0 Å². The first-order valence-corrected chi connectivity index (χ1v) is 8.97. The first-order valence-electron chi connectivity index (χ1n) is 8.21. The van der Waals surface area contributed by atoms with Crippen LogP contribution in [0.3, 0.4) is 0 Å². The molecule has 0 atom stereocenters. The molecule has 0 aliphatic rings. The molecule has 6 heteroatoms. The van der Waals surface area contributed by atoms with Crippen LogP contribution in [0.25, 0.3) is 11.1 Å². The third-order valence-corrected chi connectivity index (χ3v) is 4.41. The lowest BCUT2D eigenvalue weighted by Gasteiger charge is -2.09. The van der Waals surface area contributed by atoms with Gasteiger partial charge in [-0.2, -0.15) is 0 Å². The van der Waals surface area contributed by atoms with Gasteiger partial charge in [0.15, 0.2) is 0 Å². The SMILES string of the molecule is O=C(CNC(=O)c1ccc(Cl)cc1Cl)Nc1ccc(-c2ccccc2)cc1. The highest BCUT2D eigenvalue weighted by atomic mass is 35.5. The largest absolute Gasteiger partial charge is 0.343 e. The van der Waals surface area contributed by atoms with E-state index < -0.39 is 5.91 Å². The topological polar surface area (TPSA) is 58.2 Å². The Kier molecular flexibility index (Phi) is 6.12. The molecule has 0 aliphatic heterocycles. The number of anilines is 1. The van der Waals surface area contributed by atoms with E-state index in [1.165, 1.54) is 12.1 Å². The highest BCUT2D eigenvalue weighted by molar-refractivity contribution is 6.36. The van der Waals surface area contributed by atoms with Gasteiger partial charge in [0.1, 0.15) is 0 Å². The highest BCUT2D eigenvalue weighted by Crippen LogP contribution is 2.22. The summed E-state index contributed by atoms with van der Waals surface area (Å²) in [5, 5.41) is 5.95. The Morgan fingerprint density at radius 2 is 1.48 bits per heavy atom. The lowest BCUT2D eigenvalue weighted by atomic mass is 10.1. The Balaban J connectivity index is 1.55. The lowest BCUT2D eigenvalue weighted by Crippen LogP contribution is -2.33. The van der Waals surface area contributed by atoms with E-state index in [-0.39, 0.29) is 23.0 Å². The summed E-state index contributed by atoms with van der Waals surface area (Å²) in [5.41, 5.74) is 3.07. The summed E-state index contributed by atoms with van der Waals surface area (Å²) in [4.78, 5) is 24.2. The molecule has 0 saturated carbocycles. The molecule has 2 N–H and O–H groups in total. The quantitative estimate of drug-likeness (QED) is 0.632. The van der Waals surface area contributed by atoms with Crippen LogP contribution < -0.4 is 10.6 Å². The van der Waals surface area contributed by atoms with E-state index in [2.05, 4.69) is 10.6 Å². The fraction of sp³-hybridized carbons (Fsp3) is 0.0476. The van der Waals surface area contributed by atoms with Gasteiger partial charge in [-0.3, -0.25) is 9.59 Å². The Labute approximate surface area is 167 Å². The Bertz CT molecular complexity index is 958. The fourth-order valence-corrected chi connectivity index (χ4v) is 3.01. The molecule has 0 radical (unpaired) electrons. The number of amides is 2. The zero-order chi connectivity index (χ0) is 19.2. The van der Waals surface area contributed by atoms with E-state index in [0.717, 1.165) is 11.1 Å². The van der Waals surface area contributed by atoms with E-state index in [1.807, 2.05) is 54.6 Å². The number of hydrogen-bond donors (Lipinski definition) is 2. The van der Waals surface area contributed by atoms with E-state index in [4.69, 9.17) is 23.2 Å². The van der Waals surface area contributed by atoms with Crippen LogP contribution in [-0.4, -0.2) is 18.4 Å². The van der Waals surface area contributed by atoms with E-state index in [1.54, 1.807) is 6.07 Å². The number of nitrogens with one attached hydrogen (secondary N) is 2. The van der Waals surface area contributed by atoms with Gasteiger partial charge in [0.2, 0.25) is 5.91 Å². The van der Waals surface area contributed by atoms with Gasteiger partial charge in [0.25, 0.3) is 5.91 Å². The van der Waals surface area contributed by atoms with Crippen molar-refractivity contribution in [3.63, 3.8) is 0 Å². The minimum atomic E-state index is -0.439. The summed E-state index contributed by atoms with van der Waals surface area (Å²) < 4.78 is 0. The average Bonchev–Trinajstić information content (AvgIpc) is 2.67. The minimum Gasteiger partial charge on any atom is -0.343 e. The Morgan fingerprint density at radius 1 is 0.815 bits per heavy atom. The molecule has 136 valence electrons. The molecule has 0 saturated heterocycles. The normalized spacial score (nSPS) is 10.3. The molecule has 0 aromatic heterocycles. The van der Waals surface area contributed by atoms with Crippen molar-refractivity contribution in [3.05, 3.63) is 88.4 Å². The third kappa shape index (κ3) is 5.09. The van der Waals surface area contributed by atoms with Crippen molar-refractivity contribution in [2.24, 2.45) is 0 Å². The Hall–Kier alpha value is -2.82. The molecular formula is C21H16Cl2N2O2. The second kappa shape index (κ2) is 8.71. The molecular weight excluding hydrogens is 383 g/mol. The van der Waals surface area contributed by atoms with Crippen LogP contribution >= 0.6 is 23.2 Å². The van der Waals surface area contributed by atoms with Gasteiger partial charge in [-0.1, -0.05) is 65.7 Å². The van der Waals surface area contributed by atoms with Gasteiger partial charge in [0.05, 0.1) is 17.1 Å². The molecule has 4 nitrogen and oxygen atoms in total. The third-order valence-electron chi connectivity index (χ3n) is 3.86. The van der Waals surface area contributed by atoms with Crippen LogP contribution in [0, 0.1) is 0 Å². The van der Waals surface area contributed by atoms with E-state index in [9.17, 15) is 9.59 Å². The van der Waals surface area contributed by atoms with Crippen LogP contribution in [0.15, 0.2) is 72.8 Å². The second-order valence-electron chi connectivity index (χ2n) is 5.80. The van der Waals surface area contributed by atoms with Crippen LogP contribution in [0.1, 0.15) is 10.4 Å². The molecule has 3 rings (SSSR count). The average molecular weight is 399 g/mol. The molecule has 2 amide bonds. The van der Waals surface area contributed by atoms with Crippen LogP contribution in [0.5, 0.6) is 0 Å². The van der Waals surface area contributed by atoms with Crippen molar-refractivity contribution < 1.29 is 9.59 Å². The lowest BCUT2D eigenvalue weighted by molar-refractivity contribution is -0.115. The van der Waals surface area contributed by atoms with Crippen LogP contribution in [0.4, 0.5) is 5.69 Å². The number of carbonyl (C=O) groups is 2. The van der Waals surface area contributed by atoms with Gasteiger partial charge in [-0.05, 0) is 41.5 Å². The zero-order valence-electron chi connectivity index (χ0n) is 14.2. The first-order chi connectivity index (χ1) is 13.0. The van der Waals surface area contributed by atoms with Gasteiger partial charge >= 0.3 is 0 Å². The maximum absolute atomic E-state index is 12.1. The maximum Gasteiger partial charge on any atom is 0.253 e. The van der Waals surface area contributed by atoms with Gasteiger partial charge in [-0.15, -0.1) is 0 Å². The molecule has 0 unspecified atom stereocenters. The van der Waals surface area contributed by atoms with Crippen LogP contribution in [-0.2, 0) is 4.79 Å². The first kappa shape index (κ1) is 19.0. The summed E-state index contributed by atoms with van der Waals surface area (Å²) in [6.45, 7) is -0.168. The molecule has 0 fully saturated rings. The number of benzene rings is 3. The van der Waals surface area contributed by atoms with Crippen molar-refractivity contribution in [1.82, 2.24) is 5.32 Å². The van der Waals surface area contributed by atoms with Crippen LogP contribution in [0.2, 0.25) is 10.0 Å². The summed E-state index contributed by atoms with van der Waals surface area (Å²) in [5.74, 6) is -0.771. The van der Waals surface area contributed by atoms with Crippen molar-refractivity contribution in [1.29, 1.82) is 0 Å². The predicted octanol–water partition coefficient (Wildman–Crippen LogP) is 5.03. The standard InChI is InChI=1S/C21H16Cl2N2O2/c22-16-8-11-18(19(23)12-16)21(27)24-13-20(26)25-17-9-6-15(7-10-17)14-4-2-1-3-5-14/h1-12H,13H2,(H,24,27)(H,25,26). The predicted molar refractivity (Wildman–Crippen MR) is 109 cm³/mol. The van der Waals surface area contributed by atoms with E-state index in [0.29, 0.717) is 10.7 Å². The van der Waals surface area contributed by atoms with E-state index >= 15 is 0 Å². The maximum atomic E-state index is 12.1. The monoisotopic (exact) mass is 398 g/mol. The number of rotatable bonds is 5. The fourth-order valence-electron chi connectivity index (χ4n) is 2.51. The Morgan fingerprint density at radius 3 is 2.15 bits per heavy atom. The molecule has 3 aromatic carbocycles. The summed E-state index contributed by atoms with van der Waals surface area (Å²) >= 11 is 11.8. The summed E-state index contributed by atoms with van der Waals surface area (Å²) in [6, 6.07) is 22.0. The molecule has 0 aliphatic carbocycles. The molecule has 0 bridgehead atoms. The molecule has 0 spiro atoms. The van der Waals surface area contributed by atoms with Crippen molar-refractivity contribution >= 4 is 40.7 Å². The van der Waals surface area contributed by atoms with Gasteiger partial charge in [-0.25, -0.2) is 0 Å². The molecule has 0 heterocycles. The second-order valence-corrected chi connectivity index (χ2v) is 6.64. The smallest absolute Gasteiger partial charge is 0.253 e. The number of carbonyl (C=O) groups excluding carboxylic acids is 2. The van der Waals surface area contributed by atoms with Crippen molar-refractivity contribution in [2.75, 3.05) is 11.9 Å². The molecule has 27 heavy (non-hydrogen) atoms. The summed E-state index contributed by atoms with van der Waals surface area (Å²) in [7, 11) is 0. The zero-order valence-corrected chi connectivity index (χ0v) is 15.7. The number of halogens is 2.